The average molecular weight is 464 g/mol. The van der Waals surface area contributed by atoms with Gasteiger partial charge >= 0.3 is 0 Å². The van der Waals surface area contributed by atoms with Gasteiger partial charge < -0.3 is 10.2 Å². The quantitative estimate of drug-likeness (QED) is 0.712. The lowest BCUT2D eigenvalue weighted by Crippen LogP contribution is -2.69. The molecule has 1 atom stereocenters. The van der Waals surface area contributed by atoms with Gasteiger partial charge in [-0.05, 0) is 31.0 Å². The third-order valence-electron chi connectivity index (χ3n) is 5.51. The van der Waals surface area contributed by atoms with Gasteiger partial charge in [0.15, 0.2) is 0 Å². The second kappa shape index (κ2) is 8.98. The maximum Gasteiger partial charge on any atom is 0.247 e. The molecule has 1 fully saturated rings. The molecule has 0 aromatic heterocycles. The van der Waals surface area contributed by atoms with Crippen molar-refractivity contribution in [2.24, 2.45) is 0 Å². The number of sulfonamides is 1. The summed E-state index contributed by atoms with van der Waals surface area (Å²) in [4.78, 5) is 27.7. The Kier molecular flexibility index (Phi) is 6.73. The summed E-state index contributed by atoms with van der Waals surface area (Å²) >= 11 is 6.27. The molecule has 2 aromatic rings. The molecule has 2 amide bonds. The van der Waals surface area contributed by atoms with Crippen LogP contribution < -0.4 is 5.32 Å². The molecule has 2 aromatic carbocycles. The molecule has 1 aliphatic heterocycles. The van der Waals surface area contributed by atoms with E-state index < -0.39 is 27.4 Å². The molecule has 1 aliphatic rings. The SMILES string of the molecule is Cc1ccc(CNC(=O)[C@@]2(C)CN(S(C)(=O)=O)CC(=O)N2Cc2ccccc2Cl)cc1. The molecule has 9 heteroatoms. The van der Waals surface area contributed by atoms with Gasteiger partial charge in [-0.3, -0.25) is 9.59 Å². The van der Waals surface area contributed by atoms with Crippen LogP contribution in [0.15, 0.2) is 48.5 Å². The minimum absolute atomic E-state index is 0.102. The number of carbonyl (C=O) groups is 2. The van der Waals surface area contributed by atoms with Crippen molar-refractivity contribution in [2.75, 3.05) is 19.3 Å². The van der Waals surface area contributed by atoms with E-state index in [1.54, 1.807) is 31.2 Å². The Morgan fingerprint density at radius 3 is 2.42 bits per heavy atom. The van der Waals surface area contributed by atoms with Crippen LogP contribution in [0.2, 0.25) is 5.02 Å². The fraction of sp³-hybridized carbons (Fsp3) is 0.364. The predicted molar refractivity (Wildman–Crippen MR) is 120 cm³/mol. The van der Waals surface area contributed by atoms with E-state index in [-0.39, 0.29) is 26.2 Å². The van der Waals surface area contributed by atoms with E-state index in [2.05, 4.69) is 5.32 Å². The molecule has 0 spiro atoms. The van der Waals surface area contributed by atoms with Crippen LogP contribution in [0.25, 0.3) is 0 Å². The van der Waals surface area contributed by atoms with Crippen LogP contribution in [0.1, 0.15) is 23.6 Å². The summed E-state index contributed by atoms with van der Waals surface area (Å²) in [5, 5.41) is 3.34. The zero-order valence-corrected chi connectivity index (χ0v) is 19.3. The normalized spacial score (nSPS) is 20.0. The van der Waals surface area contributed by atoms with E-state index >= 15 is 0 Å². The van der Waals surface area contributed by atoms with Gasteiger partial charge in [-0.15, -0.1) is 0 Å². The van der Waals surface area contributed by atoms with Crippen molar-refractivity contribution in [1.82, 2.24) is 14.5 Å². The third-order valence-corrected chi connectivity index (χ3v) is 7.08. The lowest BCUT2D eigenvalue weighted by molar-refractivity contribution is -0.153. The molecule has 7 nitrogen and oxygen atoms in total. The number of aryl methyl sites for hydroxylation is 1. The van der Waals surface area contributed by atoms with Crippen LogP contribution in [0.3, 0.4) is 0 Å². The number of carbonyl (C=O) groups excluding carboxylic acids is 2. The topological polar surface area (TPSA) is 86.8 Å². The molecule has 31 heavy (non-hydrogen) atoms. The molecule has 1 heterocycles. The van der Waals surface area contributed by atoms with Crippen molar-refractivity contribution < 1.29 is 18.0 Å². The summed E-state index contributed by atoms with van der Waals surface area (Å²) in [5.74, 6) is -0.883. The lowest BCUT2D eigenvalue weighted by Gasteiger charge is -2.46. The first-order valence-electron chi connectivity index (χ1n) is 9.83. The molecule has 0 unspecified atom stereocenters. The number of nitrogens with one attached hydrogen (secondary N) is 1. The molecular weight excluding hydrogens is 438 g/mol. The number of amides is 2. The van der Waals surface area contributed by atoms with Gasteiger partial charge in [0, 0.05) is 24.7 Å². The standard InChI is InChI=1S/C22H26ClN3O4S/c1-16-8-10-17(11-9-16)12-24-21(28)22(2)15-25(31(3,29)30)14-20(27)26(22)13-18-6-4-5-7-19(18)23/h4-11H,12-15H2,1-3H3,(H,24,28)/t22-/m1/s1. The number of piperazine rings is 1. The minimum Gasteiger partial charge on any atom is -0.350 e. The van der Waals surface area contributed by atoms with Crippen LogP contribution in [-0.4, -0.2) is 54.3 Å². The van der Waals surface area contributed by atoms with Gasteiger partial charge in [0.1, 0.15) is 5.54 Å². The van der Waals surface area contributed by atoms with Crippen molar-refractivity contribution in [3.63, 3.8) is 0 Å². The van der Waals surface area contributed by atoms with Gasteiger partial charge in [-0.25, -0.2) is 8.42 Å². The first-order valence-corrected chi connectivity index (χ1v) is 12.1. The summed E-state index contributed by atoms with van der Waals surface area (Å²) in [7, 11) is -3.66. The summed E-state index contributed by atoms with van der Waals surface area (Å²) < 4.78 is 25.4. The van der Waals surface area contributed by atoms with Crippen molar-refractivity contribution in [2.45, 2.75) is 32.5 Å². The highest BCUT2D eigenvalue weighted by molar-refractivity contribution is 7.88. The van der Waals surface area contributed by atoms with Gasteiger partial charge in [-0.1, -0.05) is 59.6 Å². The maximum atomic E-state index is 13.3. The summed E-state index contributed by atoms with van der Waals surface area (Å²) in [6.45, 7) is 3.48. The Balaban J connectivity index is 1.89. The van der Waals surface area contributed by atoms with Gasteiger partial charge in [0.05, 0.1) is 12.8 Å². The van der Waals surface area contributed by atoms with E-state index in [1.165, 1.54) is 4.90 Å². The Labute approximate surface area is 188 Å². The highest BCUT2D eigenvalue weighted by Crippen LogP contribution is 2.28. The van der Waals surface area contributed by atoms with Crippen LogP contribution in [0.5, 0.6) is 0 Å². The van der Waals surface area contributed by atoms with E-state index in [0.717, 1.165) is 21.7 Å². The number of rotatable bonds is 6. The van der Waals surface area contributed by atoms with Crippen LogP contribution in [0.4, 0.5) is 0 Å². The highest BCUT2D eigenvalue weighted by Gasteiger charge is 2.49. The highest BCUT2D eigenvalue weighted by atomic mass is 35.5. The third kappa shape index (κ3) is 5.26. The first-order chi connectivity index (χ1) is 14.5. The number of benzene rings is 2. The second-order valence-electron chi connectivity index (χ2n) is 8.04. The van der Waals surface area contributed by atoms with Crippen molar-refractivity contribution in [1.29, 1.82) is 0 Å². The molecule has 0 bridgehead atoms. The van der Waals surface area contributed by atoms with E-state index in [9.17, 15) is 18.0 Å². The zero-order chi connectivity index (χ0) is 22.8. The van der Waals surface area contributed by atoms with E-state index in [0.29, 0.717) is 10.6 Å². The summed E-state index contributed by atoms with van der Waals surface area (Å²) in [6.07, 6.45) is 1.04. The fourth-order valence-corrected chi connectivity index (χ4v) is 4.59. The Morgan fingerprint density at radius 1 is 1.16 bits per heavy atom. The van der Waals surface area contributed by atoms with Crippen LogP contribution in [0, 0.1) is 6.92 Å². The van der Waals surface area contributed by atoms with Crippen LogP contribution in [-0.2, 0) is 32.7 Å². The second-order valence-corrected chi connectivity index (χ2v) is 10.4. The molecule has 0 saturated carbocycles. The Morgan fingerprint density at radius 2 is 1.81 bits per heavy atom. The fourth-order valence-electron chi connectivity index (χ4n) is 3.56. The van der Waals surface area contributed by atoms with Gasteiger partial charge in [0.25, 0.3) is 0 Å². The molecule has 3 rings (SSSR count). The number of halogens is 1. The molecule has 1 N–H and O–H groups in total. The maximum absolute atomic E-state index is 13.3. The Bertz CT molecular complexity index is 1090. The predicted octanol–water partition coefficient (Wildman–Crippen LogP) is 2.33. The van der Waals surface area contributed by atoms with Crippen molar-refractivity contribution >= 4 is 33.4 Å². The molecular formula is C22H26ClN3O4S. The monoisotopic (exact) mass is 463 g/mol. The molecule has 166 valence electrons. The minimum atomic E-state index is -3.66. The average Bonchev–Trinajstić information content (AvgIpc) is 2.70. The van der Waals surface area contributed by atoms with Crippen LogP contribution >= 0.6 is 11.6 Å². The van der Waals surface area contributed by atoms with Gasteiger partial charge in [-0.2, -0.15) is 4.31 Å². The van der Waals surface area contributed by atoms with Crippen molar-refractivity contribution in [3.8, 4) is 0 Å². The molecule has 0 aliphatic carbocycles. The molecule has 0 radical (unpaired) electrons. The first kappa shape index (κ1) is 23.2. The van der Waals surface area contributed by atoms with Crippen molar-refractivity contribution in [3.05, 3.63) is 70.2 Å². The Hall–Kier alpha value is -2.42. The van der Waals surface area contributed by atoms with E-state index in [4.69, 9.17) is 11.6 Å². The van der Waals surface area contributed by atoms with Gasteiger partial charge in [0.2, 0.25) is 21.8 Å². The number of nitrogens with zero attached hydrogens (tertiary/aromatic N) is 2. The number of hydrogen-bond donors (Lipinski definition) is 1. The smallest absolute Gasteiger partial charge is 0.247 e. The summed E-state index contributed by atoms with van der Waals surface area (Å²) in [6, 6.07) is 14.8. The largest absolute Gasteiger partial charge is 0.350 e. The lowest BCUT2D eigenvalue weighted by atomic mass is 9.94. The van der Waals surface area contributed by atoms with E-state index in [1.807, 2.05) is 31.2 Å². The number of hydrogen-bond acceptors (Lipinski definition) is 4. The zero-order valence-electron chi connectivity index (χ0n) is 17.8. The summed E-state index contributed by atoms with van der Waals surface area (Å²) in [5.41, 5.74) is 1.29. The molecule has 1 saturated heterocycles.